The number of ether oxygens (including phenoxy) is 3. The van der Waals surface area contributed by atoms with E-state index < -0.39 is 5.60 Å². The van der Waals surface area contributed by atoms with Crippen molar-refractivity contribution in [1.29, 1.82) is 0 Å². The molecule has 4 rings (SSSR count). The van der Waals surface area contributed by atoms with Crippen LogP contribution in [0.4, 0.5) is 4.79 Å². The molecule has 9 heteroatoms. The van der Waals surface area contributed by atoms with Gasteiger partial charge in [-0.25, -0.2) is 4.79 Å². The highest BCUT2D eigenvalue weighted by Crippen LogP contribution is 2.31. The predicted molar refractivity (Wildman–Crippen MR) is 145 cm³/mol. The van der Waals surface area contributed by atoms with Crippen LogP contribution in [0.2, 0.25) is 0 Å². The maximum absolute atomic E-state index is 13.3. The van der Waals surface area contributed by atoms with Gasteiger partial charge in [0.05, 0.1) is 14.2 Å². The molecule has 2 aliphatic rings. The van der Waals surface area contributed by atoms with Crippen molar-refractivity contribution in [3.63, 3.8) is 0 Å². The van der Waals surface area contributed by atoms with Crippen molar-refractivity contribution in [2.45, 2.75) is 58.5 Å². The Morgan fingerprint density at radius 3 is 2.51 bits per heavy atom. The Kier molecular flexibility index (Phi) is 8.04. The van der Waals surface area contributed by atoms with Crippen LogP contribution in [0.1, 0.15) is 49.2 Å². The van der Waals surface area contributed by atoms with Gasteiger partial charge in [-0.15, -0.1) is 0 Å². The zero-order valence-electron chi connectivity index (χ0n) is 22.4. The smallest absolute Gasteiger partial charge is 0.410 e. The lowest BCUT2D eigenvalue weighted by molar-refractivity contribution is -0.0191. The molecule has 1 fully saturated rings. The molecule has 2 atom stereocenters. The number of methoxy groups -OCH3 is 2. The van der Waals surface area contributed by atoms with Crippen molar-refractivity contribution in [3.05, 3.63) is 57.6 Å². The van der Waals surface area contributed by atoms with Crippen molar-refractivity contribution < 1.29 is 23.8 Å². The van der Waals surface area contributed by atoms with E-state index >= 15 is 0 Å². The van der Waals surface area contributed by atoms with E-state index in [0.717, 1.165) is 32.7 Å². The number of hydrogen-bond acceptors (Lipinski definition) is 6. The topological polar surface area (TPSA) is 71.6 Å². The van der Waals surface area contributed by atoms with Gasteiger partial charge < -0.3 is 24.0 Å². The second kappa shape index (κ2) is 10.9. The lowest BCUT2D eigenvalue weighted by Gasteiger charge is -2.46. The molecule has 200 valence electrons. The van der Waals surface area contributed by atoms with E-state index in [0.29, 0.717) is 32.7 Å². The Labute approximate surface area is 227 Å². The number of hydrogen-bond donors (Lipinski definition) is 0. The van der Waals surface area contributed by atoms with Gasteiger partial charge in [-0.1, -0.05) is 28.1 Å². The molecular weight excluding hydrogens is 538 g/mol. The molecule has 0 spiro atoms. The van der Waals surface area contributed by atoms with Gasteiger partial charge in [0.25, 0.3) is 5.91 Å². The Hall–Kier alpha value is -2.78. The summed E-state index contributed by atoms with van der Waals surface area (Å²) < 4.78 is 17.6. The second-order valence-corrected chi connectivity index (χ2v) is 11.6. The summed E-state index contributed by atoms with van der Waals surface area (Å²) >= 11 is 3.48. The van der Waals surface area contributed by atoms with E-state index in [9.17, 15) is 9.59 Å². The first-order valence-electron chi connectivity index (χ1n) is 12.5. The van der Waals surface area contributed by atoms with Crippen molar-refractivity contribution in [3.8, 4) is 11.5 Å². The summed E-state index contributed by atoms with van der Waals surface area (Å²) in [6.07, 6.45) is -0.327. The van der Waals surface area contributed by atoms with Crippen LogP contribution < -0.4 is 9.47 Å². The first-order chi connectivity index (χ1) is 17.5. The first kappa shape index (κ1) is 27.3. The lowest BCUT2D eigenvalue weighted by Crippen LogP contribution is -2.61. The van der Waals surface area contributed by atoms with Crippen LogP contribution in [0.3, 0.4) is 0 Å². The Morgan fingerprint density at radius 1 is 1.08 bits per heavy atom. The number of amides is 2. The summed E-state index contributed by atoms with van der Waals surface area (Å²) in [6, 6.07) is 11.5. The van der Waals surface area contributed by atoms with Crippen LogP contribution in [0.15, 0.2) is 40.9 Å². The monoisotopic (exact) mass is 573 g/mol. The third-order valence-corrected chi connectivity index (χ3v) is 7.33. The highest BCUT2D eigenvalue weighted by Gasteiger charge is 2.39. The molecule has 0 saturated carbocycles. The normalized spacial score (nSPS) is 20.1. The van der Waals surface area contributed by atoms with Gasteiger partial charge in [-0.3, -0.25) is 9.69 Å². The Balaban J connectivity index is 1.59. The molecule has 2 aromatic carbocycles. The highest BCUT2D eigenvalue weighted by molar-refractivity contribution is 9.10. The molecule has 0 N–H and O–H groups in total. The van der Waals surface area contributed by atoms with E-state index in [2.05, 4.69) is 20.8 Å². The molecule has 0 bridgehead atoms. The molecule has 2 heterocycles. The van der Waals surface area contributed by atoms with Gasteiger partial charge in [-0.2, -0.15) is 0 Å². The number of nitrogens with zero attached hydrogens (tertiary/aromatic N) is 3. The van der Waals surface area contributed by atoms with Gasteiger partial charge in [0, 0.05) is 66.5 Å². The summed E-state index contributed by atoms with van der Waals surface area (Å²) in [4.78, 5) is 32.4. The van der Waals surface area contributed by atoms with Crippen LogP contribution >= 0.6 is 15.9 Å². The van der Waals surface area contributed by atoms with Crippen LogP contribution in [0, 0.1) is 0 Å². The summed E-state index contributed by atoms with van der Waals surface area (Å²) in [7, 11) is 3.28. The minimum absolute atomic E-state index is 0.0146. The zero-order valence-corrected chi connectivity index (χ0v) is 24.0. The molecule has 1 saturated heterocycles. The van der Waals surface area contributed by atoms with E-state index in [1.54, 1.807) is 19.1 Å². The summed E-state index contributed by atoms with van der Waals surface area (Å²) in [6.45, 7) is 10.4. The average molecular weight is 575 g/mol. The van der Waals surface area contributed by atoms with E-state index in [1.165, 1.54) is 0 Å². The quantitative estimate of drug-likeness (QED) is 0.488. The maximum Gasteiger partial charge on any atom is 0.410 e. The summed E-state index contributed by atoms with van der Waals surface area (Å²) in [5, 5.41) is 0. The standard InChI is InChI=1S/C28H36BrN3O5/c1-18-13-30(15-20-8-10-23(35-5)12-25(20)36-6)22(17-32(18)27(34)37-28(2,3)4)16-31-14-19-7-9-21(29)11-24(19)26(31)33/h7-12,18,22H,13-17H2,1-6H3/t18-,22+/m1/s1. The largest absolute Gasteiger partial charge is 0.497 e. The minimum Gasteiger partial charge on any atom is -0.497 e. The second-order valence-electron chi connectivity index (χ2n) is 10.7. The van der Waals surface area contributed by atoms with Crippen LogP contribution in [-0.2, 0) is 17.8 Å². The molecule has 0 radical (unpaired) electrons. The van der Waals surface area contributed by atoms with Crippen molar-refractivity contribution in [1.82, 2.24) is 14.7 Å². The fourth-order valence-electron chi connectivity index (χ4n) is 4.99. The number of carbonyl (C=O) groups is 2. The Bertz CT molecular complexity index is 1160. The predicted octanol–water partition coefficient (Wildman–Crippen LogP) is 4.93. The molecule has 37 heavy (non-hydrogen) atoms. The molecule has 8 nitrogen and oxygen atoms in total. The number of rotatable bonds is 6. The third-order valence-electron chi connectivity index (χ3n) is 6.83. The van der Waals surface area contributed by atoms with E-state index in [4.69, 9.17) is 14.2 Å². The highest BCUT2D eigenvalue weighted by atomic mass is 79.9. The maximum atomic E-state index is 13.3. The molecule has 2 amide bonds. The molecule has 0 aromatic heterocycles. The molecular formula is C28H36BrN3O5. The number of piperazine rings is 1. The minimum atomic E-state index is -0.583. The Morgan fingerprint density at radius 2 is 1.84 bits per heavy atom. The van der Waals surface area contributed by atoms with Crippen LogP contribution in [0.5, 0.6) is 11.5 Å². The lowest BCUT2D eigenvalue weighted by atomic mass is 10.0. The number of fused-ring (bicyclic) bond motifs is 1. The van der Waals surface area contributed by atoms with Gasteiger partial charge >= 0.3 is 6.09 Å². The van der Waals surface area contributed by atoms with Crippen molar-refractivity contribution in [2.24, 2.45) is 0 Å². The zero-order chi connectivity index (χ0) is 26.9. The van der Waals surface area contributed by atoms with Gasteiger partial charge in [0.2, 0.25) is 0 Å². The van der Waals surface area contributed by atoms with Gasteiger partial charge in [-0.05, 0) is 51.5 Å². The molecule has 0 unspecified atom stereocenters. The number of halogens is 1. The SMILES string of the molecule is COc1ccc(CN2C[C@@H](C)N(C(=O)OC(C)(C)C)C[C@@H]2CN2Cc3ccc(Br)cc3C2=O)c(OC)c1. The molecule has 2 aromatic rings. The molecule has 0 aliphatic carbocycles. The first-order valence-corrected chi connectivity index (χ1v) is 13.3. The van der Waals surface area contributed by atoms with Crippen molar-refractivity contribution in [2.75, 3.05) is 33.9 Å². The average Bonchev–Trinajstić information content (AvgIpc) is 3.14. The van der Waals surface area contributed by atoms with Crippen LogP contribution in [-0.4, -0.2) is 78.2 Å². The van der Waals surface area contributed by atoms with Gasteiger partial charge in [0.1, 0.15) is 17.1 Å². The van der Waals surface area contributed by atoms with Crippen LogP contribution in [0.25, 0.3) is 0 Å². The van der Waals surface area contributed by atoms with Crippen molar-refractivity contribution >= 4 is 27.9 Å². The fourth-order valence-corrected chi connectivity index (χ4v) is 5.35. The molecule has 2 aliphatic heterocycles. The summed E-state index contributed by atoms with van der Waals surface area (Å²) in [5.41, 5.74) is 2.18. The number of benzene rings is 2. The van der Waals surface area contributed by atoms with E-state index in [1.807, 2.05) is 69.0 Å². The fraction of sp³-hybridized carbons (Fsp3) is 0.500. The van der Waals surface area contributed by atoms with E-state index in [-0.39, 0.29) is 24.1 Å². The third kappa shape index (κ3) is 6.21. The number of carbonyl (C=O) groups excluding carboxylic acids is 2. The van der Waals surface area contributed by atoms with Gasteiger partial charge in [0.15, 0.2) is 0 Å². The summed E-state index contributed by atoms with van der Waals surface area (Å²) in [5.74, 6) is 1.49.